The molecule has 2 rings (SSSR count). The van der Waals surface area contributed by atoms with Crippen LogP contribution in [0.15, 0.2) is 18.2 Å². The Bertz CT molecular complexity index is 408. The van der Waals surface area contributed by atoms with Gasteiger partial charge in [0.05, 0.1) is 6.10 Å². The normalized spacial score (nSPS) is 27.4. The molecule has 3 nitrogen and oxygen atoms in total. The zero-order valence-electron chi connectivity index (χ0n) is 10.1. The number of aliphatic hydroxyl groups is 1. The molecule has 0 spiro atoms. The number of halogens is 1. The Morgan fingerprint density at radius 1 is 1.59 bits per heavy atom. The lowest BCUT2D eigenvalue weighted by Gasteiger charge is -2.38. The number of benzene rings is 1. The third-order valence-electron chi connectivity index (χ3n) is 3.15. The van der Waals surface area contributed by atoms with Gasteiger partial charge in [0.1, 0.15) is 17.2 Å². The zero-order valence-corrected chi connectivity index (χ0v) is 10.1. The Labute approximate surface area is 100 Å². The fourth-order valence-corrected chi connectivity index (χ4v) is 2.17. The van der Waals surface area contributed by atoms with Gasteiger partial charge in [0.25, 0.3) is 0 Å². The van der Waals surface area contributed by atoms with Gasteiger partial charge >= 0.3 is 0 Å². The minimum atomic E-state index is -0.684. The molecule has 0 bridgehead atoms. The van der Waals surface area contributed by atoms with E-state index in [1.165, 1.54) is 12.1 Å². The summed E-state index contributed by atoms with van der Waals surface area (Å²) in [6.07, 6.45) is 0.459. The van der Waals surface area contributed by atoms with E-state index in [9.17, 15) is 9.50 Å². The molecule has 1 aromatic carbocycles. The Hall–Kier alpha value is -1.13. The van der Waals surface area contributed by atoms with E-state index in [0.29, 0.717) is 30.8 Å². The average molecular weight is 240 g/mol. The predicted molar refractivity (Wildman–Crippen MR) is 61.5 cm³/mol. The van der Waals surface area contributed by atoms with Crippen molar-refractivity contribution in [1.82, 2.24) is 0 Å². The highest BCUT2D eigenvalue weighted by molar-refractivity contribution is 5.38. The molecule has 0 saturated carbocycles. The minimum absolute atomic E-state index is 0.355. The summed E-state index contributed by atoms with van der Waals surface area (Å²) >= 11 is 0. The molecule has 1 heterocycles. The smallest absolute Gasteiger partial charge is 0.126 e. The first-order valence-corrected chi connectivity index (χ1v) is 5.69. The lowest BCUT2D eigenvalue weighted by Crippen LogP contribution is -2.39. The molecule has 0 amide bonds. The second kappa shape index (κ2) is 4.63. The number of ether oxygens (including phenoxy) is 2. The second-order valence-electron chi connectivity index (χ2n) is 4.70. The van der Waals surface area contributed by atoms with Crippen molar-refractivity contribution in [3.05, 3.63) is 29.6 Å². The molecular formula is C13H17FO3. The van der Waals surface area contributed by atoms with Crippen LogP contribution >= 0.6 is 0 Å². The summed E-state index contributed by atoms with van der Waals surface area (Å²) in [6, 6.07) is 4.24. The molecule has 0 aromatic heterocycles. The number of hydrogen-bond donors (Lipinski definition) is 1. The van der Waals surface area contributed by atoms with Crippen LogP contribution in [0.25, 0.3) is 0 Å². The topological polar surface area (TPSA) is 38.7 Å². The molecule has 2 unspecified atom stereocenters. The van der Waals surface area contributed by atoms with Gasteiger partial charge in [-0.15, -0.1) is 0 Å². The molecule has 0 radical (unpaired) electrons. The molecule has 0 aliphatic carbocycles. The van der Waals surface area contributed by atoms with Crippen LogP contribution in [0.5, 0.6) is 5.75 Å². The van der Waals surface area contributed by atoms with Gasteiger partial charge in [-0.2, -0.15) is 0 Å². The van der Waals surface area contributed by atoms with Gasteiger partial charge in [0.2, 0.25) is 0 Å². The number of methoxy groups -OCH3 is 1. The molecule has 17 heavy (non-hydrogen) atoms. The molecule has 2 atom stereocenters. The van der Waals surface area contributed by atoms with Gasteiger partial charge in [0, 0.05) is 32.1 Å². The van der Waals surface area contributed by atoms with Crippen LogP contribution in [0.3, 0.4) is 0 Å². The number of hydrogen-bond acceptors (Lipinski definition) is 3. The summed E-state index contributed by atoms with van der Waals surface area (Å²) in [5, 5.41) is 10.0. The van der Waals surface area contributed by atoms with Crippen LogP contribution in [-0.2, 0) is 4.74 Å². The molecule has 1 aromatic rings. The second-order valence-corrected chi connectivity index (χ2v) is 4.70. The molecule has 4 heteroatoms. The van der Waals surface area contributed by atoms with Crippen LogP contribution in [0, 0.1) is 5.82 Å². The lowest BCUT2D eigenvalue weighted by molar-refractivity contribution is -0.0204. The van der Waals surface area contributed by atoms with Crippen LogP contribution in [0.1, 0.15) is 31.4 Å². The third-order valence-corrected chi connectivity index (χ3v) is 3.15. The largest absolute Gasteiger partial charge is 0.487 e. The highest BCUT2D eigenvalue weighted by Gasteiger charge is 2.36. The summed E-state index contributed by atoms with van der Waals surface area (Å²) in [4.78, 5) is 0. The molecular weight excluding hydrogens is 223 g/mol. The Morgan fingerprint density at radius 2 is 2.35 bits per heavy atom. The quantitative estimate of drug-likeness (QED) is 0.882. The average Bonchev–Trinajstić information content (AvgIpc) is 2.28. The van der Waals surface area contributed by atoms with Crippen LogP contribution < -0.4 is 4.74 Å². The number of aliphatic hydroxyl groups excluding tert-OH is 1. The summed E-state index contributed by atoms with van der Waals surface area (Å²) in [5.74, 6) is 0.204. The van der Waals surface area contributed by atoms with Crippen LogP contribution in [0.2, 0.25) is 0 Å². The van der Waals surface area contributed by atoms with Gasteiger partial charge in [-0.3, -0.25) is 0 Å². The van der Waals surface area contributed by atoms with Crippen molar-refractivity contribution < 1.29 is 19.0 Å². The van der Waals surface area contributed by atoms with Gasteiger partial charge in [-0.1, -0.05) is 0 Å². The van der Waals surface area contributed by atoms with Crippen LogP contribution in [-0.4, -0.2) is 24.4 Å². The Morgan fingerprint density at radius 3 is 3.06 bits per heavy atom. The maximum atomic E-state index is 13.1. The first-order valence-electron chi connectivity index (χ1n) is 5.69. The van der Waals surface area contributed by atoms with E-state index < -0.39 is 11.7 Å². The summed E-state index contributed by atoms with van der Waals surface area (Å²) in [6.45, 7) is 2.50. The van der Waals surface area contributed by atoms with E-state index in [4.69, 9.17) is 9.47 Å². The number of fused-ring (bicyclic) bond motifs is 1. The van der Waals surface area contributed by atoms with Crippen molar-refractivity contribution >= 4 is 0 Å². The SMILES string of the molecule is COCCC1(C)CC(O)c2cc(F)ccc2O1. The van der Waals surface area contributed by atoms with Gasteiger partial charge in [0.15, 0.2) is 0 Å². The standard InChI is InChI=1S/C13H17FO3/c1-13(5-6-16-2)8-11(15)10-7-9(14)3-4-12(10)17-13/h3-4,7,11,15H,5-6,8H2,1-2H3. The number of rotatable bonds is 3. The monoisotopic (exact) mass is 240 g/mol. The summed E-state index contributed by atoms with van der Waals surface area (Å²) in [7, 11) is 1.63. The van der Waals surface area contributed by atoms with E-state index in [2.05, 4.69) is 0 Å². The van der Waals surface area contributed by atoms with Gasteiger partial charge in [-0.25, -0.2) is 4.39 Å². The summed E-state index contributed by atoms with van der Waals surface area (Å²) < 4.78 is 23.9. The lowest BCUT2D eigenvalue weighted by atomic mass is 9.88. The minimum Gasteiger partial charge on any atom is -0.487 e. The van der Waals surface area contributed by atoms with Crippen molar-refractivity contribution in [3.63, 3.8) is 0 Å². The van der Waals surface area contributed by atoms with Crippen molar-refractivity contribution in [2.45, 2.75) is 31.5 Å². The van der Waals surface area contributed by atoms with E-state index in [0.717, 1.165) is 0 Å². The zero-order chi connectivity index (χ0) is 12.5. The van der Waals surface area contributed by atoms with Gasteiger partial charge < -0.3 is 14.6 Å². The molecule has 0 fully saturated rings. The van der Waals surface area contributed by atoms with Gasteiger partial charge in [-0.05, 0) is 25.1 Å². The molecule has 1 aliphatic heterocycles. The Balaban J connectivity index is 2.23. The fraction of sp³-hybridized carbons (Fsp3) is 0.538. The highest BCUT2D eigenvalue weighted by Crippen LogP contribution is 2.41. The first kappa shape index (κ1) is 12.3. The van der Waals surface area contributed by atoms with E-state index in [1.54, 1.807) is 13.2 Å². The van der Waals surface area contributed by atoms with Crippen molar-refractivity contribution in [1.29, 1.82) is 0 Å². The molecule has 94 valence electrons. The predicted octanol–water partition coefficient (Wildman–Crippen LogP) is 2.44. The van der Waals surface area contributed by atoms with Crippen LogP contribution in [0.4, 0.5) is 4.39 Å². The summed E-state index contributed by atoms with van der Waals surface area (Å²) in [5.41, 5.74) is 0.0696. The van der Waals surface area contributed by atoms with Crippen molar-refractivity contribution in [2.75, 3.05) is 13.7 Å². The molecule has 1 aliphatic rings. The maximum Gasteiger partial charge on any atom is 0.126 e. The van der Waals surface area contributed by atoms with Crippen molar-refractivity contribution in [3.8, 4) is 5.75 Å². The van der Waals surface area contributed by atoms with Crippen molar-refractivity contribution in [2.24, 2.45) is 0 Å². The molecule has 1 N–H and O–H groups in total. The maximum absolute atomic E-state index is 13.1. The molecule has 0 saturated heterocycles. The van der Waals surface area contributed by atoms with E-state index in [1.807, 2.05) is 6.92 Å². The van der Waals surface area contributed by atoms with E-state index >= 15 is 0 Å². The highest BCUT2D eigenvalue weighted by atomic mass is 19.1. The third kappa shape index (κ3) is 2.58. The fourth-order valence-electron chi connectivity index (χ4n) is 2.17. The Kier molecular flexibility index (Phi) is 3.35. The van der Waals surface area contributed by atoms with E-state index in [-0.39, 0.29) is 5.82 Å². The first-order chi connectivity index (χ1) is 8.04.